The maximum Gasteiger partial charge on any atom is 0.273 e. The van der Waals surface area contributed by atoms with E-state index in [0.29, 0.717) is 22.4 Å². The van der Waals surface area contributed by atoms with E-state index >= 15 is 0 Å². The summed E-state index contributed by atoms with van der Waals surface area (Å²) in [5.41, 5.74) is 4.23. The molecule has 0 aliphatic carbocycles. The summed E-state index contributed by atoms with van der Waals surface area (Å²) in [4.78, 5) is 16.7. The van der Waals surface area contributed by atoms with Crippen LogP contribution < -0.4 is 5.43 Å². The van der Waals surface area contributed by atoms with Gasteiger partial charge in [0.05, 0.1) is 17.5 Å². The van der Waals surface area contributed by atoms with Crippen LogP contribution >= 0.6 is 0 Å². The van der Waals surface area contributed by atoms with E-state index in [-0.39, 0.29) is 11.5 Å². The van der Waals surface area contributed by atoms with Crippen molar-refractivity contribution in [2.24, 2.45) is 10.1 Å². The lowest BCUT2D eigenvalue weighted by molar-refractivity contribution is 0.0956. The van der Waals surface area contributed by atoms with Crippen LogP contribution in [0.25, 0.3) is 0 Å². The number of hydrogen-bond acceptors (Lipinski definition) is 5. The van der Waals surface area contributed by atoms with E-state index < -0.39 is 5.91 Å². The Labute approximate surface area is 156 Å². The molecule has 1 amide bonds. The summed E-state index contributed by atoms with van der Waals surface area (Å²) in [5.74, 6) is -0.259. The fraction of sp³-hybridized carbons (Fsp3) is 0. The number of phenols is 2. The lowest BCUT2D eigenvalue weighted by Crippen LogP contribution is -2.17. The van der Waals surface area contributed by atoms with Crippen molar-refractivity contribution in [3.8, 4) is 11.5 Å². The Bertz CT molecular complexity index is 1010. The highest BCUT2D eigenvalue weighted by Crippen LogP contribution is 2.20. The molecule has 0 saturated heterocycles. The zero-order valence-electron chi connectivity index (χ0n) is 14.3. The number of carbonyl (C=O) groups is 1. The standard InChI is InChI=1S/C21H17N3O3/c25-19-11-5-1-7-15(19)13-22-18-10-4-3-9-17(18)21(27)24-23-14-16-8-2-6-12-20(16)26/h1-14,25-26H,(H,24,27). The van der Waals surface area contributed by atoms with Gasteiger partial charge in [-0.15, -0.1) is 0 Å². The van der Waals surface area contributed by atoms with E-state index in [1.54, 1.807) is 66.7 Å². The summed E-state index contributed by atoms with van der Waals surface area (Å²) in [5, 5.41) is 23.4. The van der Waals surface area contributed by atoms with Crippen molar-refractivity contribution in [1.29, 1.82) is 0 Å². The minimum Gasteiger partial charge on any atom is -0.507 e. The van der Waals surface area contributed by atoms with Crippen molar-refractivity contribution >= 4 is 24.0 Å². The second kappa shape index (κ2) is 8.44. The van der Waals surface area contributed by atoms with Crippen LogP contribution in [0.2, 0.25) is 0 Å². The molecule has 134 valence electrons. The number of hydrogen-bond donors (Lipinski definition) is 3. The Balaban J connectivity index is 1.76. The van der Waals surface area contributed by atoms with Gasteiger partial charge in [0.1, 0.15) is 11.5 Å². The molecule has 0 aliphatic heterocycles. The second-order valence-corrected chi connectivity index (χ2v) is 5.59. The number of benzene rings is 3. The Hall–Kier alpha value is -3.93. The first-order chi connectivity index (χ1) is 13.1. The van der Waals surface area contributed by atoms with Crippen molar-refractivity contribution in [3.63, 3.8) is 0 Å². The largest absolute Gasteiger partial charge is 0.507 e. The topological polar surface area (TPSA) is 94.3 Å². The van der Waals surface area contributed by atoms with Crippen molar-refractivity contribution in [2.75, 3.05) is 0 Å². The van der Waals surface area contributed by atoms with Crippen LogP contribution in [0.1, 0.15) is 21.5 Å². The van der Waals surface area contributed by atoms with Crippen LogP contribution in [0, 0.1) is 0 Å². The molecule has 0 bridgehead atoms. The minimum atomic E-state index is -0.438. The molecule has 0 heterocycles. The van der Waals surface area contributed by atoms with Gasteiger partial charge in [0, 0.05) is 17.3 Å². The van der Waals surface area contributed by atoms with Crippen LogP contribution in [0.4, 0.5) is 5.69 Å². The summed E-state index contributed by atoms with van der Waals surface area (Å²) in [6, 6.07) is 20.3. The minimum absolute atomic E-state index is 0.0724. The normalized spacial score (nSPS) is 11.1. The number of rotatable bonds is 5. The van der Waals surface area contributed by atoms with Gasteiger partial charge in [-0.1, -0.05) is 36.4 Å². The predicted molar refractivity (Wildman–Crippen MR) is 105 cm³/mol. The van der Waals surface area contributed by atoms with Crippen molar-refractivity contribution in [1.82, 2.24) is 5.43 Å². The third-order valence-corrected chi connectivity index (χ3v) is 3.73. The third kappa shape index (κ3) is 4.58. The molecule has 0 aliphatic rings. The molecule has 6 nitrogen and oxygen atoms in total. The number of para-hydroxylation sites is 3. The highest BCUT2D eigenvalue weighted by Gasteiger charge is 2.09. The van der Waals surface area contributed by atoms with Crippen LogP contribution in [0.3, 0.4) is 0 Å². The van der Waals surface area contributed by atoms with Crippen molar-refractivity contribution in [2.45, 2.75) is 0 Å². The number of phenolic OH excluding ortho intramolecular Hbond substituents is 2. The summed E-state index contributed by atoms with van der Waals surface area (Å²) in [7, 11) is 0. The molecule has 6 heteroatoms. The first-order valence-electron chi connectivity index (χ1n) is 8.17. The number of hydrazone groups is 1. The Kier molecular flexibility index (Phi) is 5.59. The zero-order valence-corrected chi connectivity index (χ0v) is 14.3. The molecule has 0 aromatic heterocycles. The summed E-state index contributed by atoms with van der Waals surface area (Å²) in [6.07, 6.45) is 2.86. The molecule has 0 fully saturated rings. The molecule has 0 spiro atoms. The number of nitrogens with zero attached hydrogens (tertiary/aromatic N) is 2. The van der Waals surface area contributed by atoms with Crippen molar-refractivity contribution in [3.05, 3.63) is 89.5 Å². The molecule has 0 radical (unpaired) electrons. The van der Waals surface area contributed by atoms with E-state index in [2.05, 4.69) is 15.5 Å². The predicted octanol–water partition coefficient (Wildman–Crippen LogP) is 3.61. The number of aliphatic imine (C=N–C) groups is 1. The molecule has 0 saturated carbocycles. The van der Waals surface area contributed by atoms with E-state index in [0.717, 1.165) is 0 Å². The first kappa shape index (κ1) is 17.9. The SMILES string of the molecule is O=C(NN=Cc1ccccc1O)c1ccccc1N=Cc1ccccc1O. The van der Waals surface area contributed by atoms with Gasteiger partial charge in [0.25, 0.3) is 5.91 Å². The third-order valence-electron chi connectivity index (χ3n) is 3.73. The monoisotopic (exact) mass is 359 g/mol. The van der Waals surface area contributed by atoms with Gasteiger partial charge in [0.2, 0.25) is 0 Å². The van der Waals surface area contributed by atoms with Gasteiger partial charge in [-0.2, -0.15) is 5.10 Å². The molecular weight excluding hydrogens is 342 g/mol. The van der Waals surface area contributed by atoms with Crippen molar-refractivity contribution < 1.29 is 15.0 Å². The van der Waals surface area contributed by atoms with Gasteiger partial charge >= 0.3 is 0 Å². The van der Waals surface area contributed by atoms with Gasteiger partial charge in [-0.05, 0) is 36.4 Å². The summed E-state index contributed by atoms with van der Waals surface area (Å²) in [6.45, 7) is 0. The molecule has 0 atom stereocenters. The molecular formula is C21H17N3O3. The van der Waals surface area contributed by atoms with E-state index in [9.17, 15) is 15.0 Å². The average molecular weight is 359 g/mol. The molecule has 3 aromatic carbocycles. The fourth-order valence-electron chi connectivity index (χ4n) is 2.33. The van der Waals surface area contributed by atoms with Crippen LogP contribution in [0.5, 0.6) is 11.5 Å². The van der Waals surface area contributed by atoms with Crippen LogP contribution in [-0.4, -0.2) is 28.5 Å². The highest BCUT2D eigenvalue weighted by molar-refractivity contribution is 6.00. The number of amides is 1. The molecule has 27 heavy (non-hydrogen) atoms. The Morgan fingerprint density at radius 3 is 2.00 bits per heavy atom. The fourth-order valence-corrected chi connectivity index (χ4v) is 2.33. The number of nitrogens with one attached hydrogen (secondary N) is 1. The number of aromatic hydroxyl groups is 2. The smallest absolute Gasteiger partial charge is 0.273 e. The van der Waals surface area contributed by atoms with Gasteiger partial charge in [-0.3, -0.25) is 9.79 Å². The lowest BCUT2D eigenvalue weighted by atomic mass is 10.1. The van der Waals surface area contributed by atoms with Gasteiger partial charge in [0.15, 0.2) is 0 Å². The van der Waals surface area contributed by atoms with Gasteiger partial charge in [-0.25, -0.2) is 5.43 Å². The van der Waals surface area contributed by atoms with E-state index in [1.807, 2.05) is 0 Å². The Morgan fingerprint density at radius 2 is 1.33 bits per heavy atom. The number of carbonyl (C=O) groups excluding carboxylic acids is 1. The van der Waals surface area contributed by atoms with Gasteiger partial charge < -0.3 is 10.2 Å². The molecule has 3 N–H and O–H groups in total. The van der Waals surface area contributed by atoms with E-state index in [4.69, 9.17) is 0 Å². The maximum absolute atomic E-state index is 12.4. The Morgan fingerprint density at radius 1 is 0.778 bits per heavy atom. The summed E-state index contributed by atoms with van der Waals surface area (Å²) >= 11 is 0. The first-order valence-corrected chi connectivity index (χ1v) is 8.17. The molecule has 3 aromatic rings. The highest BCUT2D eigenvalue weighted by atomic mass is 16.3. The van der Waals surface area contributed by atoms with E-state index in [1.165, 1.54) is 18.5 Å². The lowest BCUT2D eigenvalue weighted by Gasteiger charge is -2.04. The average Bonchev–Trinajstić information content (AvgIpc) is 2.69. The summed E-state index contributed by atoms with van der Waals surface area (Å²) < 4.78 is 0. The second-order valence-electron chi connectivity index (χ2n) is 5.59. The van der Waals surface area contributed by atoms with Crippen LogP contribution in [-0.2, 0) is 0 Å². The molecule has 3 rings (SSSR count). The maximum atomic E-state index is 12.4. The zero-order chi connectivity index (χ0) is 19.1. The molecule has 0 unspecified atom stereocenters. The quantitative estimate of drug-likeness (QED) is 0.480. The van der Waals surface area contributed by atoms with Crippen LogP contribution in [0.15, 0.2) is 82.9 Å².